The average molecular weight is 330 g/mol. The molecule has 130 valence electrons. The first-order valence-electron chi connectivity index (χ1n) is 8.78. The molecule has 1 atom stereocenters. The number of hydrogen-bond acceptors (Lipinski definition) is 4. The van der Waals surface area contributed by atoms with Crippen LogP contribution in [-0.2, 0) is 9.59 Å². The third kappa shape index (κ3) is 4.13. The molecule has 2 aliphatic heterocycles. The maximum atomic E-state index is 12.1. The van der Waals surface area contributed by atoms with E-state index in [-0.39, 0.29) is 11.8 Å². The van der Waals surface area contributed by atoms with Crippen molar-refractivity contribution in [2.24, 2.45) is 0 Å². The predicted molar refractivity (Wildman–Crippen MR) is 95.2 cm³/mol. The lowest BCUT2D eigenvalue weighted by Gasteiger charge is -2.33. The molecule has 3 rings (SSSR count). The van der Waals surface area contributed by atoms with Crippen molar-refractivity contribution in [1.29, 1.82) is 0 Å². The molecule has 6 nitrogen and oxygen atoms in total. The van der Waals surface area contributed by atoms with Crippen molar-refractivity contribution >= 4 is 23.2 Å². The zero-order chi connectivity index (χ0) is 16.9. The number of amides is 2. The second-order valence-electron chi connectivity index (χ2n) is 6.58. The van der Waals surface area contributed by atoms with E-state index in [0.29, 0.717) is 18.9 Å². The van der Waals surface area contributed by atoms with Gasteiger partial charge in [0.15, 0.2) is 0 Å². The molecule has 0 aromatic heterocycles. The van der Waals surface area contributed by atoms with Crippen LogP contribution in [0.5, 0.6) is 0 Å². The molecule has 2 heterocycles. The van der Waals surface area contributed by atoms with Gasteiger partial charge in [-0.2, -0.15) is 0 Å². The van der Waals surface area contributed by atoms with E-state index in [1.54, 1.807) is 4.90 Å². The highest BCUT2D eigenvalue weighted by Crippen LogP contribution is 2.23. The second kappa shape index (κ2) is 7.77. The third-order valence-corrected chi connectivity index (χ3v) is 4.80. The lowest BCUT2D eigenvalue weighted by Crippen LogP contribution is -2.50. The maximum absolute atomic E-state index is 12.1. The van der Waals surface area contributed by atoms with Gasteiger partial charge in [-0.15, -0.1) is 0 Å². The molecule has 0 aliphatic carbocycles. The molecule has 0 spiro atoms. The summed E-state index contributed by atoms with van der Waals surface area (Å²) in [6.45, 7) is 6.72. The normalized spacial score (nSPS) is 22.0. The number of piperazine rings is 1. The Kier molecular flexibility index (Phi) is 5.48. The summed E-state index contributed by atoms with van der Waals surface area (Å²) in [5.41, 5.74) is 1.69. The summed E-state index contributed by atoms with van der Waals surface area (Å²) in [7, 11) is 0. The van der Waals surface area contributed by atoms with Crippen LogP contribution in [0.15, 0.2) is 24.3 Å². The van der Waals surface area contributed by atoms with Crippen molar-refractivity contribution in [2.45, 2.75) is 32.2 Å². The summed E-state index contributed by atoms with van der Waals surface area (Å²) >= 11 is 0. The number of carbonyl (C=O) groups is 2. The summed E-state index contributed by atoms with van der Waals surface area (Å²) < 4.78 is 0. The zero-order valence-electron chi connectivity index (χ0n) is 14.3. The molecular weight excluding hydrogens is 304 g/mol. The van der Waals surface area contributed by atoms with Crippen molar-refractivity contribution < 1.29 is 9.59 Å². The minimum absolute atomic E-state index is 0.0331. The summed E-state index contributed by atoms with van der Waals surface area (Å²) in [6, 6.07) is 8.01. The summed E-state index contributed by atoms with van der Waals surface area (Å²) in [5.74, 6) is 0.211. The highest BCUT2D eigenvalue weighted by Gasteiger charge is 2.21. The fourth-order valence-corrected chi connectivity index (χ4v) is 3.33. The lowest BCUT2D eigenvalue weighted by molar-refractivity contribution is -0.117. The van der Waals surface area contributed by atoms with E-state index in [2.05, 4.69) is 22.5 Å². The van der Waals surface area contributed by atoms with Crippen LogP contribution < -0.4 is 15.5 Å². The van der Waals surface area contributed by atoms with Crippen LogP contribution in [0, 0.1) is 0 Å². The van der Waals surface area contributed by atoms with Crippen LogP contribution in [0.2, 0.25) is 0 Å². The van der Waals surface area contributed by atoms with Gasteiger partial charge in [0.2, 0.25) is 11.8 Å². The van der Waals surface area contributed by atoms with Crippen LogP contribution in [0.1, 0.15) is 26.2 Å². The van der Waals surface area contributed by atoms with Gasteiger partial charge in [-0.05, 0) is 37.6 Å². The van der Waals surface area contributed by atoms with Gasteiger partial charge in [0, 0.05) is 63.0 Å². The topological polar surface area (TPSA) is 64.7 Å². The largest absolute Gasteiger partial charge is 0.326 e. The van der Waals surface area contributed by atoms with E-state index in [1.807, 2.05) is 24.3 Å². The van der Waals surface area contributed by atoms with Gasteiger partial charge in [0.25, 0.3) is 0 Å². The van der Waals surface area contributed by atoms with Crippen molar-refractivity contribution in [3.8, 4) is 0 Å². The van der Waals surface area contributed by atoms with Crippen molar-refractivity contribution in [1.82, 2.24) is 10.2 Å². The Labute approximate surface area is 143 Å². The first kappa shape index (κ1) is 16.9. The molecule has 1 aromatic rings. The SMILES string of the molecule is C[C@@H]1CNCCN1CCC(=O)Nc1ccc(N2CCCC2=O)cc1. The number of anilines is 2. The first-order chi connectivity index (χ1) is 11.6. The Hall–Kier alpha value is -1.92. The molecule has 0 unspecified atom stereocenters. The van der Waals surface area contributed by atoms with Crippen LogP contribution in [0.4, 0.5) is 11.4 Å². The van der Waals surface area contributed by atoms with E-state index in [0.717, 1.165) is 50.5 Å². The van der Waals surface area contributed by atoms with Crippen molar-refractivity contribution in [3.63, 3.8) is 0 Å². The Morgan fingerprint density at radius 3 is 2.75 bits per heavy atom. The second-order valence-corrected chi connectivity index (χ2v) is 6.58. The minimum atomic E-state index is 0.0331. The van der Waals surface area contributed by atoms with E-state index in [9.17, 15) is 9.59 Å². The number of carbonyl (C=O) groups excluding carboxylic acids is 2. The predicted octanol–water partition coefficient (Wildman–Crippen LogP) is 1.44. The van der Waals surface area contributed by atoms with E-state index >= 15 is 0 Å². The van der Waals surface area contributed by atoms with Gasteiger partial charge in [0.1, 0.15) is 0 Å². The van der Waals surface area contributed by atoms with Crippen LogP contribution in [0.3, 0.4) is 0 Å². The molecule has 1 aromatic carbocycles. The van der Waals surface area contributed by atoms with E-state index in [1.165, 1.54) is 0 Å². The molecule has 6 heteroatoms. The highest BCUT2D eigenvalue weighted by molar-refractivity contribution is 5.96. The fourth-order valence-electron chi connectivity index (χ4n) is 3.33. The minimum Gasteiger partial charge on any atom is -0.326 e. The quantitative estimate of drug-likeness (QED) is 0.857. The highest BCUT2D eigenvalue weighted by atomic mass is 16.2. The number of benzene rings is 1. The monoisotopic (exact) mass is 330 g/mol. The Morgan fingerprint density at radius 2 is 2.08 bits per heavy atom. The zero-order valence-corrected chi connectivity index (χ0v) is 14.3. The standard InChI is InChI=1S/C18H26N4O2/c1-14-13-19-9-12-21(14)11-8-17(23)20-15-4-6-16(7-5-15)22-10-2-3-18(22)24/h4-7,14,19H,2-3,8-13H2,1H3,(H,20,23)/t14-/m1/s1. The smallest absolute Gasteiger partial charge is 0.227 e. The van der Waals surface area contributed by atoms with Crippen LogP contribution in [0.25, 0.3) is 0 Å². The third-order valence-electron chi connectivity index (χ3n) is 4.80. The molecule has 0 saturated carbocycles. The van der Waals surface area contributed by atoms with Crippen molar-refractivity contribution in [3.05, 3.63) is 24.3 Å². The summed E-state index contributed by atoms with van der Waals surface area (Å²) in [4.78, 5) is 28.0. The molecule has 2 N–H and O–H groups in total. The summed E-state index contributed by atoms with van der Waals surface area (Å²) in [5, 5.41) is 6.29. The van der Waals surface area contributed by atoms with Gasteiger partial charge in [-0.1, -0.05) is 0 Å². The first-order valence-corrected chi connectivity index (χ1v) is 8.78. The molecular formula is C18H26N4O2. The maximum Gasteiger partial charge on any atom is 0.227 e. The van der Waals surface area contributed by atoms with Gasteiger partial charge in [0.05, 0.1) is 0 Å². The molecule has 2 saturated heterocycles. The summed E-state index contributed by atoms with van der Waals surface area (Å²) in [6.07, 6.45) is 2.04. The Morgan fingerprint density at radius 1 is 1.29 bits per heavy atom. The average Bonchev–Trinajstić information content (AvgIpc) is 3.01. The number of nitrogens with zero attached hydrogens (tertiary/aromatic N) is 2. The molecule has 0 bridgehead atoms. The Bertz CT molecular complexity index is 587. The van der Waals surface area contributed by atoms with Gasteiger partial charge in [-0.25, -0.2) is 0 Å². The molecule has 2 fully saturated rings. The van der Waals surface area contributed by atoms with Gasteiger partial charge < -0.3 is 15.5 Å². The number of nitrogens with one attached hydrogen (secondary N) is 2. The fraction of sp³-hybridized carbons (Fsp3) is 0.556. The van der Waals surface area contributed by atoms with Gasteiger partial charge in [-0.3, -0.25) is 14.5 Å². The molecule has 2 aliphatic rings. The van der Waals surface area contributed by atoms with E-state index < -0.39 is 0 Å². The molecule has 2 amide bonds. The van der Waals surface area contributed by atoms with E-state index in [4.69, 9.17) is 0 Å². The van der Waals surface area contributed by atoms with Crippen LogP contribution in [-0.4, -0.2) is 55.5 Å². The lowest BCUT2D eigenvalue weighted by atomic mass is 10.2. The Balaban J connectivity index is 1.48. The molecule has 24 heavy (non-hydrogen) atoms. The molecule has 0 radical (unpaired) electrons. The van der Waals surface area contributed by atoms with Crippen LogP contribution >= 0.6 is 0 Å². The van der Waals surface area contributed by atoms with Gasteiger partial charge >= 0.3 is 0 Å². The number of rotatable bonds is 5. The number of hydrogen-bond donors (Lipinski definition) is 2. The van der Waals surface area contributed by atoms with Crippen molar-refractivity contribution in [2.75, 3.05) is 42.9 Å².